The van der Waals surface area contributed by atoms with Crippen LogP contribution >= 0.6 is 0 Å². The number of carbonyl (C=O) groups is 1. The minimum Gasteiger partial charge on any atom is -0.489 e. The second-order valence-corrected chi connectivity index (χ2v) is 6.06. The molecule has 1 saturated heterocycles. The predicted molar refractivity (Wildman–Crippen MR) is 89.7 cm³/mol. The van der Waals surface area contributed by atoms with Crippen molar-refractivity contribution in [3.63, 3.8) is 0 Å². The molecule has 3 rings (SSSR count). The average Bonchev–Trinajstić information content (AvgIpc) is 2.57. The Morgan fingerprint density at radius 1 is 1.13 bits per heavy atom. The van der Waals surface area contributed by atoms with E-state index in [0.717, 1.165) is 48.5 Å². The van der Waals surface area contributed by atoms with Gasteiger partial charge in [0.25, 0.3) is 5.91 Å². The molecule has 0 spiro atoms. The molecule has 1 amide bonds. The number of amides is 1. The number of ether oxygens (including phenoxy) is 1. The number of aromatic nitrogens is 1. The number of piperidine rings is 1. The molecule has 120 valence electrons. The molecule has 2 heterocycles. The lowest BCUT2D eigenvalue weighted by Crippen LogP contribution is -2.42. The maximum absolute atomic E-state index is 12.6. The molecular weight excluding hydrogens is 288 g/mol. The largest absolute Gasteiger partial charge is 0.489 e. The first-order valence-electron chi connectivity index (χ1n) is 8.08. The lowest BCUT2D eigenvalue weighted by Gasteiger charge is -2.32. The Balaban J connectivity index is 1.57. The van der Waals surface area contributed by atoms with Crippen LogP contribution in [0.3, 0.4) is 0 Å². The second-order valence-electron chi connectivity index (χ2n) is 6.06. The zero-order valence-electron chi connectivity index (χ0n) is 13.7. The highest BCUT2D eigenvalue weighted by atomic mass is 16.5. The van der Waals surface area contributed by atoms with Crippen LogP contribution in [0.15, 0.2) is 42.6 Å². The van der Waals surface area contributed by atoms with Crippen molar-refractivity contribution in [3.8, 4) is 5.75 Å². The van der Waals surface area contributed by atoms with Crippen LogP contribution in [0.25, 0.3) is 0 Å². The Bertz CT molecular complexity index is 674. The number of rotatable bonds is 3. The summed E-state index contributed by atoms with van der Waals surface area (Å²) >= 11 is 0. The van der Waals surface area contributed by atoms with Crippen LogP contribution in [0.5, 0.6) is 5.75 Å². The molecule has 1 aliphatic heterocycles. The number of benzene rings is 1. The molecule has 1 fully saturated rings. The van der Waals surface area contributed by atoms with E-state index in [9.17, 15) is 4.79 Å². The number of pyridine rings is 1. The zero-order valence-corrected chi connectivity index (χ0v) is 13.7. The first-order valence-corrected chi connectivity index (χ1v) is 8.08. The Kier molecular flexibility index (Phi) is 4.60. The summed E-state index contributed by atoms with van der Waals surface area (Å²) in [5, 5.41) is 0. The van der Waals surface area contributed by atoms with E-state index >= 15 is 0 Å². The highest BCUT2D eigenvalue weighted by Crippen LogP contribution is 2.20. The van der Waals surface area contributed by atoms with Gasteiger partial charge in [0.1, 0.15) is 11.9 Å². The second kappa shape index (κ2) is 6.82. The molecule has 0 aliphatic carbocycles. The first-order chi connectivity index (χ1) is 11.1. The Hall–Kier alpha value is -2.36. The van der Waals surface area contributed by atoms with Crippen LogP contribution in [0.1, 0.15) is 34.5 Å². The van der Waals surface area contributed by atoms with Crippen molar-refractivity contribution in [1.29, 1.82) is 0 Å². The number of aryl methyl sites for hydroxylation is 2. The number of hydrogen-bond donors (Lipinski definition) is 0. The minimum absolute atomic E-state index is 0.124. The normalized spacial score (nSPS) is 15.5. The van der Waals surface area contributed by atoms with E-state index < -0.39 is 0 Å². The highest BCUT2D eigenvalue weighted by Gasteiger charge is 2.25. The molecule has 0 atom stereocenters. The number of nitrogens with zero attached hydrogens (tertiary/aromatic N) is 2. The standard InChI is InChI=1S/C19H22N2O2/c1-14-5-3-4-6-18(14)19(22)21-11-9-16(10-12-21)23-17-8-7-15(2)20-13-17/h3-8,13,16H,9-12H2,1-2H3. The molecule has 1 aromatic heterocycles. The molecule has 0 bridgehead atoms. The Labute approximate surface area is 137 Å². The van der Waals surface area contributed by atoms with Gasteiger partial charge in [0.2, 0.25) is 0 Å². The Morgan fingerprint density at radius 2 is 1.87 bits per heavy atom. The Morgan fingerprint density at radius 3 is 2.52 bits per heavy atom. The van der Waals surface area contributed by atoms with E-state index in [1.54, 1.807) is 6.20 Å². The van der Waals surface area contributed by atoms with E-state index in [4.69, 9.17) is 4.74 Å². The van der Waals surface area contributed by atoms with Crippen LogP contribution in [-0.4, -0.2) is 35.0 Å². The molecule has 23 heavy (non-hydrogen) atoms. The molecule has 0 unspecified atom stereocenters. The summed E-state index contributed by atoms with van der Waals surface area (Å²) < 4.78 is 5.97. The van der Waals surface area contributed by atoms with Crippen molar-refractivity contribution < 1.29 is 9.53 Å². The fourth-order valence-corrected chi connectivity index (χ4v) is 2.88. The van der Waals surface area contributed by atoms with Gasteiger partial charge in [-0.25, -0.2) is 0 Å². The summed E-state index contributed by atoms with van der Waals surface area (Å²) in [7, 11) is 0. The fraction of sp³-hybridized carbons (Fsp3) is 0.368. The van der Waals surface area contributed by atoms with Crippen LogP contribution in [0, 0.1) is 13.8 Å². The monoisotopic (exact) mass is 310 g/mol. The lowest BCUT2D eigenvalue weighted by atomic mass is 10.0. The summed E-state index contributed by atoms with van der Waals surface area (Å²) in [4.78, 5) is 18.8. The summed E-state index contributed by atoms with van der Waals surface area (Å²) in [5.41, 5.74) is 2.81. The molecule has 0 radical (unpaired) electrons. The van der Waals surface area contributed by atoms with Crippen LogP contribution in [-0.2, 0) is 0 Å². The van der Waals surface area contributed by atoms with Crippen molar-refractivity contribution in [2.24, 2.45) is 0 Å². The van der Waals surface area contributed by atoms with Gasteiger partial charge in [0.05, 0.1) is 6.20 Å². The molecular formula is C19H22N2O2. The minimum atomic E-state index is 0.124. The van der Waals surface area contributed by atoms with Gasteiger partial charge in [-0.15, -0.1) is 0 Å². The van der Waals surface area contributed by atoms with Crippen molar-refractivity contribution in [2.75, 3.05) is 13.1 Å². The smallest absolute Gasteiger partial charge is 0.254 e. The molecule has 2 aromatic rings. The lowest BCUT2D eigenvalue weighted by molar-refractivity contribution is 0.0594. The van der Waals surface area contributed by atoms with Gasteiger partial charge in [-0.2, -0.15) is 0 Å². The third-order valence-electron chi connectivity index (χ3n) is 4.29. The number of hydrogen-bond acceptors (Lipinski definition) is 3. The van der Waals surface area contributed by atoms with Crippen molar-refractivity contribution in [3.05, 3.63) is 59.4 Å². The van der Waals surface area contributed by atoms with Crippen LogP contribution in [0.4, 0.5) is 0 Å². The maximum Gasteiger partial charge on any atom is 0.254 e. The number of carbonyl (C=O) groups excluding carboxylic acids is 1. The molecule has 4 nitrogen and oxygen atoms in total. The van der Waals surface area contributed by atoms with Gasteiger partial charge in [0.15, 0.2) is 0 Å². The van der Waals surface area contributed by atoms with Gasteiger partial charge >= 0.3 is 0 Å². The van der Waals surface area contributed by atoms with Crippen molar-refractivity contribution >= 4 is 5.91 Å². The van der Waals surface area contributed by atoms with E-state index in [-0.39, 0.29) is 12.0 Å². The summed E-state index contributed by atoms with van der Waals surface area (Å²) in [6.07, 6.45) is 3.62. The third-order valence-corrected chi connectivity index (χ3v) is 4.29. The summed E-state index contributed by atoms with van der Waals surface area (Å²) in [6.45, 7) is 5.40. The summed E-state index contributed by atoms with van der Waals surface area (Å²) in [6, 6.07) is 11.7. The third kappa shape index (κ3) is 3.70. The average molecular weight is 310 g/mol. The van der Waals surface area contributed by atoms with Gasteiger partial charge in [-0.3, -0.25) is 9.78 Å². The van der Waals surface area contributed by atoms with Crippen molar-refractivity contribution in [2.45, 2.75) is 32.8 Å². The molecule has 0 saturated carbocycles. The van der Waals surface area contributed by atoms with E-state index in [0.29, 0.717) is 0 Å². The van der Waals surface area contributed by atoms with E-state index in [1.165, 1.54) is 0 Å². The molecule has 4 heteroatoms. The maximum atomic E-state index is 12.6. The summed E-state index contributed by atoms with van der Waals surface area (Å²) in [5.74, 6) is 0.929. The first kappa shape index (κ1) is 15.5. The van der Waals surface area contributed by atoms with Gasteiger partial charge in [-0.1, -0.05) is 18.2 Å². The van der Waals surface area contributed by atoms with E-state index in [1.807, 2.05) is 55.1 Å². The highest BCUT2D eigenvalue weighted by molar-refractivity contribution is 5.95. The van der Waals surface area contributed by atoms with Gasteiger partial charge in [0, 0.05) is 37.2 Å². The van der Waals surface area contributed by atoms with Gasteiger partial charge in [-0.05, 0) is 37.6 Å². The van der Waals surface area contributed by atoms with Crippen molar-refractivity contribution in [1.82, 2.24) is 9.88 Å². The predicted octanol–water partition coefficient (Wildman–Crippen LogP) is 3.38. The van der Waals surface area contributed by atoms with E-state index in [2.05, 4.69) is 4.98 Å². The fourth-order valence-electron chi connectivity index (χ4n) is 2.88. The molecule has 1 aliphatic rings. The quantitative estimate of drug-likeness (QED) is 0.873. The van der Waals surface area contributed by atoms with Gasteiger partial charge < -0.3 is 9.64 Å². The molecule has 1 aromatic carbocycles. The van der Waals surface area contributed by atoms with Crippen LogP contribution < -0.4 is 4.74 Å². The SMILES string of the molecule is Cc1ccc(OC2CCN(C(=O)c3ccccc3C)CC2)cn1. The topological polar surface area (TPSA) is 42.4 Å². The zero-order chi connectivity index (χ0) is 16.2. The van der Waals surface area contributed by atoms with Crippen LogP contribution in [0.2, 0.25) is 0 Å². The number of likely N-dealkylation sites (tertiary alicyclic amines) is 1. The molecule has 0 N–H and O–H groups in total.